The molecule has 0 aliphatic rings. The predicted molar refractivity (Wildman–Crippen MR) is 61.1 cm³/mol. The Balaban J connectivity index is 0.000000671. The van der Waals surface area contributed by atoms with Gasteiger partial charge in [-0.2, -0.15) is 0 Å². The van der Waals surface area contributed by atoms with Crippen molar-refractivity contribution in [2.24, 2.45) is 0 Å². The second kappa shape index (κ2) is 5.80. The monoisotopic (exact) mass is 178 g/mol. The Morgan fingerprint density at radius 3 is 1.85 bits per heavy atom. The van der Waals surface area contributed by atoms with Crippen molar-refractivity contribution in [1.82, 2.24) is 0 Å². The third-order valence-corrected chi connectivity index (χ3v) is 2.44. The normalized spacial score (nSPS) is 10.2. The van der Waals surface area contributed by atoms with Gasteiger partial charge in [0.1, 0.15) is 0 Å². The zero-order valence-corrected chi connectivity index (χ0v) is 9.59. The van der Waals surface area contributed by atoms with Gasteiger partial charge in [-0.1, -0.05) is 65.0 Å². The molecule has 0 atom stereocenters. The van der Waals surface area contributed by atoms with E-state index in [0.717, 1.165) is 0 Å². The molecule has 0 heterocycles. The first-order valence-corrected chi connectivity index (χ1v) is 5.22. The summed E-state index contributed by atoms with van der Waals surface area (Å²) in [5, 5.41) is 0. The summed E-state index contributed by atoms with van der Waals surface area (Å²) >= 11 is 0. The van der Waals surface area contributed by atoms with Gasteiger partial charge in [0.05, 0.1) is 0 Å². The van der Waals surface area contributed by atoms with Crippen LogP contribution in [-0.4, -0.2) is 0 Å². The number of hydrogen-bond acceptors (Lipinski definition) is 0. The average molecular weight is 178 g/mol. The Kier molecular flexibility index (Phi) is 5.45. The first-order valence-electron chi connectivity index (χ1n) is 5.22. The first kappa shape index (κ1) is 12.2. The first-order chi connectivity index (χ1) is 6.17. The van der Waals surface area contributed by atoms with Gasteiger partial charge in [0.2, 0.25) is 0 Å². The lowest BCUT2D eigenvalue weighted by Gasteiger charge is -2.22. The lowest BCUT2D eigenvalue weighted by molar-refractivity contribution is 0.506. The second-order valence-electron chi connectivity index (χ2n) is 3.60. The third-order valence-electron chi connectivity index (χ3n) is 2.44. The lowest BCUT2D eigenvalue weighted by atomic mass is 9.82. The van der Waals surface area contributed by atoms with Crippen molar-refractivity contribution in [3.63, 3.8) is 0 Å². The molecule has 1 aromatic carbocycles. The molecule has 0 heteroatoms. The van der Waals surface area contributed by atoms with Crippen LogP contribution in [0.25, 0.3) is 0 Å². The molecular formula is C13H22. The number of rotatable bonds is 2. The fraction of sp³-hybridized carbons (Fsp3) is 0.538. The van der Waals surface area contributed by atoms with E-state index in [4.69, 9.17) is 0 Å². The van der Waals surface area contributed by atoms with Crippen LogP contribution in [0.15, 0.2) is 30.3 Å². The quantitative estimate of drug-likeness (QED) is 0.629. The zero-order chi connectivity index (χ0) is 10.3. The van der Waals surface area contributed by atoms with Crippen molar-refractivity contribution >= 4 is 0 Å². The lowest BCUT2D eigenvalue weighted by Crippen LogP contribution is -2.14. The molecule has 0 aliphatic heterocycles. The molecule has 0 unspecified atom stereocenters. The Labute approximate surface area is 83.0 Å². The molecule has 74 valence electrons. The van der Waals surface area contributed by atoms with Crippen LogP contribution < -0.4 is 0 Å². The molecule has 0 bridgehead atoms. The summed E-state index contributed by atoms with van der Waals surface area (Å²) in [4.78, 5) is 0. The molecule has 0 N–H and O–H groups in total. The summed E-state index contributed by atoms with van der Waals surface area (Å²) in [5.41, 5.74) is 1.77. The topological polar surface area (TPSA) is 0 Å². The summed E-state index contributed by atoms with van der Waals surface area (Å²) in [6, 6.07) is 10.7. The van der Waals surface area contributed by atoms with Crippen molar-refractivity contribution in [3.8, 4) is 0 Å². The van der Waals surface area contributed by atoms with Crippen LogP contribution in [0.5, 0.6) is 0 Å². The summed E-state index contributed by atoms with van der Waals surface area (Å²) in [5.74, 6) is 0. The highest BCUT2D eigenvalue weighted by atomic mass is 14.2. The standard InChI is InChI=1S/C11H16.C2H6/c1-4-11(2,3)10-8-6-5-7-9-10;1-2/h5-9H,4H2,1-3H3;1-2H3. The highest BCUT2D eigenvalue weighted by Gasteiger charge is 2.16. The van der Waals surface area contributed by atoms with E-state index >= 15 is 0 Å². The minimum absolute atomic E-state index is 0.335. The van der Waals surface area contributed by atoms with E-state index in [1.54, 1.807) is 0 Å². The Bertz CT molecular complexity index is 209. The Morgan fingerprint density at radius 1 is 1.00 bits per heavy atom. The number of benzene rings is 1. The fourth-order valence-corrected chi connectivity index (χ4v) is 1.09. The molecule has 0 aromatic heterocycles. The average Bonchev–Trinajstić information content (AvgIpc) is 2.22. The molecule has 0 aliphatic carbocycles. The van der Waals surface area contributed by atoms with Gasteiger partial charge in [-0.15, -0.1) is 0 Å². The van der Waals surface area contributed by atoms with Crippen molar-refractivity contribution in [2.75, 3.05) is 0 Å². The SMILES string of the molecule is CC.CCC(C)(C)c1ccccc1. The predicted octanol–water partition coefficient (Wildman–Crippen LogP) is 4.40. The molecule has 0 radical (unpaired) electrons. The molecule has 0 fully saturated rings. The Morgan fingerprint density at radius 2 is 1.46 bits per heavy atom. The van der Waals surface area contributed by atoms with E-state index in [1.165, 1.54) is 12.0 Å². The van der Waals surface area contributed by atoms with Gasteiger partial charge < -0.3 is 0 Å². The van der Waals surface area contributed by atoms with E-state index in [1.807, 2.05) is 13.8 Å². The largest absolute Gasteiger partial charge is 0.0683 e. The van der Waals surface area contributed by atoms with Gasteiger partial charge in [0.25, 0.3) is 0 Å². The molecule has 13 heavy (non-hydrogen) atoms. The van der Waals surface area contributed by atoms with Gasteiger partial charge in [0, 0.05) is 0 Å². The maximum absolute atomic E-state index is 2.28. The van der Waals surface area contributed by atoms with Gasteiger partial charge >= 0.3 is 0 Å². The molecule has 1 aromatic rings. The van der Waals surface area contributed by atoms with Crippen LogP contribution >= 0.6 is 0 Å². The van der Waals surface area contributed by atoms with E-state index < -0.39 is 0 Å². The van der Waals surface area contributed by atoms with Crippen LogP contribution in [0.2, 0.25) is 0 Å². The summed E-state index contributed by atoms with van der Waals surface area (Å²) < 4.78 is 0. The highest BCUT2D eigenvalue weighted by molar-refractivity contribution is 5.22. The zero-order valence-electron chi connectivity index (χ0n) is 9.59. The Hall–Kier alpha value is -0.780. The van der Waals surface area contributed by atoms with Crippen LogP contribution in [0.4, 0.5) is 0 Å². The third kappa shape index (κ3) is 3.63. The van der Waals surface area contributed by atoms with Gasteiger partial charge in [0.15, 0.2) is 0 Å². The molecule has 0 spiro atoms. The van der Waals surface area contributed by atoms with Gasteiger partial charge in [-0.3, -0.25) is 0 Å². The smallest absolute Gasteiger partial charge is 0.0106 e. The van der Waals surface area contributed by atoms with E-state index in [2.05, 4.69) is 51.1 Å². The molecule has 0 amide bonds. The van der Waals surface area contributed by atoms with E-state index in [-0.39, 0.29) is 0 Å². The summed E-state index contributed by atoms with van der Waals surface area (Å²) in [7, 11) is 0. The van der Waals surface area contributed by atoms with E-state index in [9.17, 15) is 0 Å². The van der Waals surface area contributed by atoms with Crippen LogP contribution in [0, 0.1) is 0 Å². The molecule has 1 rings (SSSR count). The van der Waals surface area contributed by atoms with Crippen LogP contribution in [0.3, 0.4) is 0 Å². The maximum Gasteiger partial charge on any atom is -0.0106 e. The van der Waals surface area contributed by atoms with E-state index in [0.29, 0.717) is 5.41 Å². The van der Waals surface area contributed by atoms with Gasteiger partial charge in [-0.25, -0.2) is 0 Å². The minimum Gasteiger partial charge on any atom is -0.0683 e. The fourth-order valence-electron chi connectivity index (χ4n) is 1.09. The maximum atomic E-state index is 2.28. The molecule has 0 saturated heterocycles. The van der Waals surface area contributed by atoms with Crippen LogP contribution in [-0.2, 0) is 5.41 Å². The van der Waals surface area contributed by atoms with Crippen molar-refractivity contribution < 1.29 is 0 Å². The van der Waals surface area contributed by atoms with Gasteiger partial charge in [-0.05, 0) is 17.4 Å². The second-order valence-corrected chi connectivity index (χ2v) is 3.60. The number of hydrogen-bond donors (Lipinski definition) is 0. The summed E-state index contributed by atoms with van der Waals surface area (Å²) in [6.07, 6.45) is 1.19. The molecule has 0 nitrogen and oxygen atoms in total. The molecule has 0 saturated carbocycles. The van der Waals surface area contributed by atoms with Crippen molar-refractivity contribution in [1.29, 1.82) is 0 Å². The van der Waals surface area contributed by atoms with Crippen molar-refractivity contribution in [3.05, 3.63) is 35.9 Å². The summed E-state index contributed by atoms with van der Waals surface area (Å²) in [6.45, 7) is 10.8. The minimum atomic E-state index is 0.335. The van der Waals surface area contributed by atoms with Crippen LogP contribution in [0.1, 0.15) is 46.6 Å². The molecular weight excluding hydrogens is 156 g/mol. The highest BCUT2D eigenvalue weighted by Crippen LogP contribution is 2.25. The van der Waals surface area contributed by atoms with Crippen molar-refractivity contribution in [2.45, 2.75) is 46.5 Å².